The van der Waals surface area contributed by atoms with Gasteiger partial charge in [0, 0.05) is 29.3 Å². The molecule has 3 aliphatic carbocycles. The van der Waals surface area contributed by atoms with Gasteiger partial charge in [0.1, 0.15) is 23.7 Å². The van der Waals surface area contributed by atoms with Crippen molar-refractivity contribution in [3.63, 3.8) is 0 Å². The average Bonchev–Trinajstić information content (AvgIpc) is 3.95. The number of carbonyl (C=O) groups is 4. The second-order valence-electron chi connectivity index (χ2n) is 19.4. The van der Waals surface area contributed by atoms with Gasteiger partial charge in [0.25, 0.3) is 5.92 Å². The summed E-state index contributed by atoms with van der Waals surface area (Å²) >= 11 is 0. The summed E-state index contributed by atoms with van der Waals surface area (Å²) in [6.45, 7) is 8.09. The van der Waals surface area contributed by atoms with Crippen LogP contribution in [0.1, 0.15) is 101 Å². The predicted octanol–water partition coefficient (Wildman–Crippen LogP) is 8.61. The van der Waals surface area contributed by atoms with E-state index in [0.29, 0.717) is 51.7 Å². The summed E-state index contributed by atoms with van der Waals surface area (Å²) in [5.41, 5.74) is 4.68. The first-order valence-corrected chi connectivity index (χ1v) is 22.6. The van der Waals surface area contributed by atoms with E-state index >= 15 is 8.78 Å². The zero-order valence-electron chi connectivity index (χ0n) is 37.3. The number of aromatic nitrogens is 4. The number of hydrogen-bond donors (Lipinski definition) is 4. The third-order valence-corrected chi connectivity index (χ3v) is 14.7. The van der Waals surface area contributed by atoms with Crippen LogP contribution < -0.4 is 10.6 Å². The Morgan fingerprint density at radius 3 is 2.05 bits per heavy atom. The topological polar surface area (TPSA) is 175 Å². The molecule has 340 valence electrons. The minimum atomic E-state index is -3.29. The molecule has 5 aliphatic rings. The van der Waals surface area contributed by atoms with Crippen LogP contribution in [0, 0.1) is 23.2 Å². The molecule has 6 atom stereocenters. The first kappa shape index (κ1) is 42.6. The first-order valence-electron chi connectivity index (χ1n) is 22.6. The Morgan fingerprint density at radius 1 is 0.785 bits per heavy atom. The van der Waals surface area contributed by atoms with Crippen molar-refractivity contribution in [2.24, 2.45) is 23.2 Å². The molecule has 2 bridgehead atoms. The molecule has 10 rings (SSSR count). The predicted molar refractivity (Wildman–Crippen MR) is 237 cm³/mol. The molecule has 4 fully saturated rings. The lowest BCUT2D eigenvalue weighted by atomic mass is 9.95. The maximum Gasteiger partial charge on any atom is 0.407 e. The SMILES string of the molecule is COC(=O)NC(C(=O)N1CC2(CC2)C[C@H]1c1ncc(-c2ccc3c(c2)C(F)(F)c2cc(-c4ccc5nc([C@@H]6C7CCC(C7)N6C(=O)[C@@H](NC(=O)OC)C(C)C)[nH]c5c4)ccc2-3)[nH]1)C(C)C. The highest BCUT2D eigenvalue weighted by atomic mass is 19.3. The van der Waals surface area contributed by atoms with Crippen LogP contribution in [0.4, 0.5) is 18.4 Å². The Morgan fingerprint density at radius 2 is 1.40 bits per heavy atom. The Bertz CT molecular complexity index is 2740. The Balaban J connectivity index is 0.896. The minimum Gasteiger partial charge on any atom is -0.453 e. The largest absolute Gasteiger partial charge is 0.453 e. The van der Waals surface area contributed by atoms with Crippen molar-refractivity contribution in [1.29, 1.82) is 0 Å². The molecule has 2 aliphatic heterocycles. The quantitative estimate of drug-likeness (QED) is 0.108. The van der Waals surface area contributed by atoms with E-state index in [0.717, 1.165) is 49.6 Å². The van der Waals surface area contributed by atoms with Crippen LogP contribution in [0.3, 0.4) is 0 Å². The van der Waals surface area contributed by atoms with E-state index in [2.05, 4.69) is 20.6 Å². The van der Waals surface area contributed by atoms with E-state index in [1.54, 1.807) is 29.3 Å². The number of imidazole rings is 2. The Labute approximate surface area is 375 Å². The summed E-state index contributed by atoms with van der Waals surface area (Å²) in [7, 11) is 2.54. The van der Waals surface area contributed by atoms with Gasteiger partial charge in [0.15, 0.2) is 0 Å². The zero-order valence-corrected chi connectivity index (χ0v) is 37.3. The molecule has 2 aromatic heterocycles. The van der Waals surface area contributed by atoms with E-state index in [-0.39, 0.29) is 64.2 Å². The van der Waals surface area contributed by atoms with Gasteiger partial charge in [-0.3, -0.25) is 9.59 Å². The van der Waals surface area contributed by atoms with Crippen molar-refractivity contribution in [2.75, 3.05) is 20.8 Å². The molecule has 65 heavy (non-hydrogen) atoms. The molecular weight excluding hydrogens is 835 g/mol. The number of hydrogen-bond acceptors (Lipinski definition) is 8. The molecule has 4 amide bonds. The number of benzene rings is 3. The molecule has 4 heterocycles. The summed E-state index contributed by atoms with van der Waals surface area (Å²) in [6, 6.07) is 13.8. The van der Waals surface area contributed by atoms with Gasteiger partial charge in [0.2, 0.25) is 11.8 Å². The van der Waals surface area contributed by atoms with Crippen LogP contribution in [0.5, 0.6) is 0 Å². The van der Waals surface area contributed by atoms with Gasteiger partial charge in [-0.25, -0.2) is 19.6 Å². The van der Waals surface area contributed by atoms with E-state index in [4.69, 9.17) is 19.4 Å². The lowest BCUT2D eigenvalue weighted by Gasteiger charge is -2.37. The summed E-state index contributed by atoms with van der Waals surface area (Å²) in [4.78, 5) is 72.6. The minimum absolute atomic E-state index is 0.0102. The van der Waals surface area contributed by atoms with Gasteiger partial charge >= 0.3 is 12.2 Å². The van der Waals surface area contributed by atoms with Gasteiger partial charge < -0.3 is 39.9 Å². The summed E-state index contributed by atoms with van der Waals surface area (Å²) in [5, 5.41) is 5.43. The number of nitrogens with one attached hydrogen (secondary N) is 4. The number of carbonyl (C=O) groups excluding carboxylic acids is 4. The fourth-order valence-electron chi connectivity index (χ4n) is 11.0. The molecule has 4 N–H and O–H groups in total. The van der Waals surface area contributed by atoms with Crippen molar-refractivity contribution < 1.29 is 37.4 Å². The molecule has 2 saturated carbocycles. The lowest BCUT2D eigenvalue weighted by Crippen LogP contribution is -2.54. The maximum absolute atomic E-state index is 16.7. The Kier molecular flexibility index (Phi) is 10.3. The fraction of sp³-hybridized carbons (Fsp3) is 0.469. The maximum atomic E-state index is 16.7. The lowest BCUT2D eigenvalue weighted by molar-refractivity contribution is -0.139. The van der Waals surface area contributed by atoms with Crippen LogP contribution in [-0.2, 0) is 25.0 Å². The number of likely N-dealkylation sites (tertiary alicyclic amines) is 2. The molecule has 14 nitrogen and oxygen atoms in total. The molecule has 0 radical (unpaired) electrons. The average molecular weight is 889 g/mol. The number of piperidine rings is 1. The second-order valence-corrected chi connectivity index (χ2v) is 19.4. The first-order chi connectivity index (χ1) is 31.1. The van der Waals surface area contributed by atoms with Crippen LogP contribution >= 0.6 is 0 Å². The summed E-state index contributed by atoms with van der Waals surface area (Å²) < 4.78 is 43.0. The number of amides is 4. The van der Waals surface area contributed by atoms with Crippen molar-refractivity contribution in [2.45, 2.75) is 102 Å². The van der Waals surface area contributed by atoms with Crippen LogP contribution in [0.2, 0.25) is 0 Å². The van der Waals surface area contributed by atoms with E-state index in [1.807, 2.05) is 62.9 Å². The smallest absolute Gasteiger partial charge is 0.407 e. The second kappa shape index (κ2) is 15.7. The molecule has 16 heteroatoms. The highest BCUT2D eigenvalue weighted by Gasteiger charge is 2.56. The number of rotatable bonds is 10. The van der Waals surface area contributed by atoms with E-state index in [1.165, 1.54) is 20.3 Å². The molecular formula is C49H54F2N8O6. The third kappa shape index (κ3) is 7.19. The van der Waals surface area contributed by atoms with Gasteiger partial charge in [-0.1, -0.05) is 58.0 Å². The number of alkyl halides is 2. The van der Waals surface area contributed by atoms with Gasteiger partial charge in [0.05, 0.1) is 49.2 Å². The number of H-pyrrole nitrogens is 2. The fourth-order valence-corrected chi connectivity index (χ4v) is 11.0. The number of alkyl carbamates (subject to hydrolysis) is 2. The van der Waals surface area contributed by atoms with Crippen LogP contribution in [-0.4, -0.2) is 92.6 Å². The highest BCUT2D eigenvalue weighted by molar-refractivity contribution is 5.89. The van der Waals surface area contributed by atoms with E-state index < -0.39 is 30.2 Å². The number of fused-ring (bicyclic) bond motifs is 6. The zero-order chi connectivity index (χ0) is 45.7. The molecule has 1 spiro atoms. The van der Waals surface area contributed by atoms with Gasteiger partial charge in [-0.15, -0.1) is 0 Å². The normalized spacial score (nSPS) is 22.9. The van der Waals surface area contributed by atoms with Crippen LogP contribution in [0.25, 0.3) is 44.5 Å². The number of halogens is 2. The van der Waals surface area contributed by atoms with E-state index in [9.17, 15) is 19.2 Å². The number of nitrogens with zero attached hydrogens (tertiary/aromatic N) is 4. The van der Waals surface area contributed by atoms with Crippen molar-refractivity contribution in [3.8, 4) is 33.5 Å². The van der Waals surface area contributed by atoms with Gasteiger partial charge in [-0.05, 0) is 108 Å². The van der Waals surface area contributed by atoms with Crippen molar-refractivity contribution in [3.05, 3.63) is 83.6 Å². The standard InChI is InChI=1S/C49H54F2N8O6/c1-24(2)39(56-46(62)64-5)44(60)58-23-48(15-16-48)21-38(58)42-52-22-37(55-42)28-9-13-32-31-12-8-26(18-33(31)49(50,51)34(32)19-28)27-10-14-35-36(20-27)54-43(53-35)41-29-7-11-30(17-29)59(41)45(61)40(25(3)4)57-47(63)65-6/h8-10,12-14,18-20,22,24-25,29-30,38-41H,7,11,15-17,21,23H2,1-6H3,(H,52,55)(H,53,54)(H,56,62)(H,57,63)/t29?,30?,38-,39?,40-,41-/m0/s1. The molecule has 5 aromatic rings. The van der Waals surface area contributed by atoms with Crippen molar-refractivity contribution in [1.82, 2.24) is 40.4 Å². The van der Waals surface area contributed by atoms with Gasteiger partial charge in [-0.2, -0.15) is 8.78 Å². The Hall–Kier alpha value is -6.32. The third-order valence-electron chi connectivity index (χ3n) is 14.7. The van der Waals surface area contributed by atoms with Crippen molar-refractivity contribution >= 4 is 35.0 Å². The molecule has 3 unspecified atom stereocenters. The number of methoxy groups -OCH3 is 2. The summed E-state index contributed by atoms with van der Waals surface area (Å²) in [5.74, 6) is -2.53. The van der Waals surface area contributed by atoms with Crippen LogP contribution in [0.15, 0.2) is 60.8 Å². The summed E-state index contributed by atoms with van der Waals surface area (Å²) in [6.07, 6.45) is 5.75. The highest BCUT2D eigenvalue weighted by Crippen LogP contribution is 2.59. The monoisotopic (exact) mass is 888 g/mol. The number of aromatic amines is 2. The molecule has 2 saturated heterocycles. The molecule has 3 aromatic carbocycles. The number of ether oxygens (including phenoxy) is 2.